The fourth-order valence-electron chi connectivity index (χ4n) is 1.80. The molecule has 0 aromatic rings. The van der Waals surface area contributed by atoms with E-state index in [1.165, 1.54) is 0 Å². The van der Waals surface area contributed by atoms with Crippen molar-refractivity contribution in [3.8, 4) is 0 Å². The van der Waals surface area contributed by atoms with E-state index in [-0.39, 0.29) is 0 Å². The lowest BCUT2D eigenvalue weighted by Crippen LogP contribution is -2.28. The van der Waals surface area contributed by atoms with E-state index in [2.05, 4.69) is 83.2 Å². The molecule has 22 heavy (non-hydrogen) atoms. The summed E-state index contributed by atoms with van der Waals surface area (Å²) in [6.07, 6.45) is 20.8. The molecule has 0 unspecified atom stereocenters. The monoisotopic (exact) mass is 322 g/mol. The fourth-order valence-corrected chi connectivity index (χ4v) is 3.82. The van der Waals surface area contributed by atoms with Gasteiger partial charge in [0.15, 0.2) is 0 Å². The summed E-state index contributed by atoms with van der Waals surface area (Å²) in [5, 5.41) is 0. The van der Waals surface area contributed by atoms with E-state index < -0.39 is 9.28 Å². The van der Waals surface area contributed by atoms with Gasteiger partial charge in [-0.1, -0.05) is 62.0 Å². The second-order valence-corrected chi connectivity index (χ2v) is 7.75. The zero-order valence-corrected chi connectivity index (χ0v) is 16.2. The Morgan fingerprint density at radius 2 is 1.14 bits per heavy atom. The first-order valence-corrected chi connectivity index (χ1v) is 10.3. The summed E-state index contributed by atoms with van der Waals surface area (Å²) >= 11 is 0. The van der Waals surface area contributed by atoms with Crippen molar-refractivity contribution < 1.29 is 8.85 Å². The number of hydrogen-bond acceptors (Lipinski definition) is 2. The van der Waals surface area contributed by atoms with E-state index >= 15 is 0 Å². The van der Waals surface area contributed by atoms with Crippen LogP contribution in [-0.4, -0.2) is 21.5 Å². The molecule has 2 aliphatic rings. The summed E-state index contributed by atoms with van der Waals surface area (Å²) in [6.45, 7) is 10.4. The zero-order chi connectivity index (χ0) is 16.6. The van der Waals surface area contributed by atoms with E-state index in [0.717, 1.165) is 25.3 Å². The number of hydrogen-bond donors (Lipinski definition) is 0. The molecule has 0 N–H and O–H groups in total. The molecule has 0 radical (unpaired) electrons. The van der Waals surface area contributed by atoms with E-state index in [9.17, 15) is 0 Å². The van der Waals surface area contributed by atoms with Gasteiger partial charge in [-0.05, 0) is 46.6 Å². The van der Waals surface area contributed by atoms with Crippen molar-refractivity contribution in [3.63, 3.8) is 0 Å². The van der Waals surface area contributed by atoms with Crippen molar-refractivity contribution in [1.29, 1.82) is 0 Å². The zero-order valence-electron chi connectivity index (χ0n) is 15.0. The summed E-state index contributed by atoms with van der Waals surface area (Å²) < 4.78 is 11.4. The molecule has 2 rings (SSSR count). The van der Waals surface area contributed by atoms with Crippen LogP contribution in [0.25, 0.3) is 0 Å². The van der Waals surface area contributed by atoms with Crippen LogP contribution in [0, 0.1) is 0 Å². The molecule has 126 valence electrons. The number of rotatable bonds is 6. The average molecular weight is 323 g/mol. The van der Waals surface area contributed by atoms with Gasteiger partial charge in [0.25, 0.3) is 0 Å². The summed E-state index contributed by atoms with van der Waals surface area (Å²) in [6, 6.07) is 1.12. The minimum Gasteiger partial charge on any atom is -0.394 e. The molecule has 0 heterocycles. The minimum atomic E-state index is -1.35. The van der Waals surface area contributed by atoms with Gasteiger partial charge >= 0.3 is 9.28 Å². The van der Waals surface area contributed by atoms with Gasteiger partial charge < -0.3 is 8.85 Å². The Morgan fingerprint density at radius 1 is 0.773 bits per heavy atom. The fraction of sp³-hybridized carbons (Fsp3) is 0.579. The van der Waals surface area contributed by atoms with Gasteiger partial charge in [0.1, 0.15) is 0 Å². The van der Waals surface area contributed by atoms with Crippen LogP contribution in [0.1, 0.15) is 53.9 Å². The predicted molar refractivity (Wildman–Crippen MR) is 100 cm³/mol. The second-order valence-electron chi connectivity index (χ2n) is 5.77. The van der Waals surface area contributed by atoms with Crippen molar-refractivity contribution in [2.24, 2.45) is 0 Å². The van der Waals surface area contributed by atoms with E-state index in [1.807, 2.05) is 0 Å². The number of allylic oxidation sites excluding steroid dienone is 8. The van der Waals surface area contributed by atoms with Crippen LogP contribution >= 0.6 is 0 Å². The van der Waals surface area contributed by atoms with E-state index in [4.69, 9.17) is 8.85 Å². The van der Waals surface area contributed by atoms with Crippen molar-refractivity contribution in [2.45, 2.75) is 72.1 Å². The molecule has 0 aliphatic heterocycles. The van der Waals surface area contributed by atoms with Gasteiger partial charge in [-0.2, -0.15) is 0 Å². The maximum Gasteiger partial charge on any atom is 0.321 e. The summed E-state index contributed by atoms with van der Waals surface area (Å²) in [4.78, 5) is 0. The Morgan fingerprint density at radius 3 is 1.32 bits per heavy atom. The molecule has 0 amide bonds. The topological polar surface area (TPSA) is 18.5 Å². The highest BCUT2D eigenvalue weighted by Crippen LogP contribution is 2.06. The van der Waals surface area contributed by atoms with Crippen LogP contribution < -0.4 is 0 Å². The molecule has 0 atom stereocenters. The molecular weight excluding hydrogens is 288 g/mol. The molecule has 0 fully saturated rings. The van der Waals surface area contributed by atoms with Crippen molar-refractivity contribution >= 4 is 9.28 Å². The van der Waals surface area contributed by atoms with Crippen LogP contribution in [0.5, 0.6) is 0 Å². The molecule has 0 bridgehead atoms. The van der Waals surface area contributed by atoms with Gasteiger partial charge in [0.2, 0.25) is 0 Å². The maximum absolute atomic E-state index is 5.72. The highest BCUT2D eigenvalue weighted by molar-refractivity contribution is 6.44. The van der Waals surface area contributed by atoms with Gasteiger partial charge in [-0.3, -0.25) is 0 Å². The smallest absolute Gasteiger partial charge is 0.321 e. The van der Waals surface area contributed by atoms with Crippen LogP contribution in [0.15, 0.2) is 48.6 Å². The van der Waals surface area contributed by atoms with E-state index in [1.54, 1.807) is 0 Å². The summed E-state index contributed by atoms with van der Waals surface area (Å²) in [5.41, 5.74) is 0. The lowest BCUT2D eigenvalue weighted by atomic mass is 10.5. The molecule has 3 heteroatoms. The Balaban J connectivity index is 0.000000355. The van der Waals surface area contributed by atoms with Crippen LogP contribution in [-0.2, 0) is 8.85 Å². The van der Waals surface area contributed by atoms with Crippen LogP contribution in [0.4, 0.5) is 0 Å². The Labute approximate surface area is 139 Å². The summed E-state index contributed by atoms with van der Waals surface area (Å²) in [7, 11) is -1.35. The van der Waals surface area contributed by atoms with Crippen molar-refractivity contribution in [1.82, 2.24) is 0 Å². The van der Waals surface area contributed by atoms with Crippen LogP contribution in [0.3, 0.4) is 0 Å². The molecule has 0 aromatic carbocycles. The van der Waals surface area contributed by atoms with Crippen molar-refractivity contribution in [2.75, 3.05) is 0 Å². The molecule has 0 saturated heterocycles. The molecule has 0 spiro atoms. The molecule has 2 nitrogen and oxygen atoms in total. The highest BCUT2D eigenvalue weighted by atomic mass is 28.3. The van der Waals surface area contributed by atoms with Crippen LogP contribution in [0.2, 0.25) is 6.04 Å². The molecule has 0 aromatic heterocycles. The first-order chi connectivity index (χ1) is 10.6. The SMILES string of the molecule is C1=CCC=C1.C1=CCC=C1.CCC[SiH](OC(C)C)OC(C)C. The molecular formula is C19H34O2Si. The van der Waals surface area contributed by atoms with Crippen molar-refractivity contribution in [3.05, 3.63) is 48.6 Å². The van der Waals surface area contributed by atoms with Gasteiger partial charge in [-0.25, -0.2) is 0 Å². The predicted octanol–water partition coefficient (Wildman–Crippen LogP) is 5.47. The Bertz CT molecular complexity index is 302. The lowest BCUT2D eigenvalue weighted by Gasteiger charge is -2.20. The summed E-state index contributed by atoms with van der Waals surface area (Å²) in [5.74, 6) is 0. The first-order valence-electron chi connectivity index (χ1n) is 8.50. The van der Waals surface area contributed by atoms with Gasteiger partial charge in [0, 0.05) is 12.2 Å². The van der Waals surface area contributed by atoms with E-state index in [0.29, 0.717) is 12.2 Å². The Hall–Kier alpha value is -0.903. The standard InChI is InChI=1S/C9H22O2Si.2C5H6/c1-6-7-12(10-8(2)3)11-9(4)5;2*1-2-4-5-3-1/h8-9,12H,6-7H2,1-5H3;2*1-4H,5H2. The molecule has 2 aliphatic carbocycles. The van der Waals surface area contributed by atoms with Gasteiger partial charge in [-0.15, -0.1) is 0 Å². The third-order valence-corrected chi connectivity index (χ3v) is 5.43. The Kier molecular flexibility index (Phi) is 14.4. The average Bonchev–Trinajstić information content (AvgIpc) is 3.17. The first kappa shape index (κ1) is 21.1. The van der Waals surface area contributed by atoms with Gasteiger partial charge in [0.05, 0.1) is 0 Å². The maximum atomic E-state index is 5.72. The molecule has 0 saturated carbocycles. The quantitative estimate of drug-likeness (QED) is 0.603. The second kappa shape index (κ2) is 15.0. The third kappa shape index (κ3) is 15.5. The highest BCUT2D eigenvalue weighted by Gasteiger charge is 2.15. The third-order valence-electron chi connectivity index (χ3n) is 2.68. The minimum absolute atomic E-state index is 0.312. The largest absolute Gasteiger partial charge is 0.394 e. The normalized spacial score (nSPS) is 14.5. The lowest BCUT2D eigenvalue weighted by molar-refractivity contribution is 0.129.